The van der Waals surface area contributed by atoms with Gasteiger partial charge in [-0.2, -0.15) is 0 Å². The van der Waals surface area contributed by atoms with Crippen LogP contribution in [0.3, 0.4) is 0 Å². The van der Waals surface area contributed by atoms with E-state index in [0.29, 0.717) is 6.61 Å². The molecule has 0 fully saturated rings. The maximum Gasteiger partial charge on any atom is 0.263 e. The Kier molecular flexibility index (Phi) is 3.17. The summed E-state index contributed by atoms with van der Waals surface area (Å²) in [6, 6.07) is 6.23. The molecule has 0 N–H and O–H groups in total. The van der Waals surface area contributed by atoms with Crippen molar-refractivity contribution in [3.05, 3.63) is 35.4 Å². The van der Waals surface area contributed by atoms with Crippen molar-refractivity contribution in [2.45, 2.75) is 13.0 Å². The van der Waals surface area contributed by atoms with Gasteiger partial charge in [0.25, 0.3) is 6.43 Å². The van der Waals surface area contributed by atoms with Crippen molar-refractivity contribution in [3.8, 4) is 0 Å². The Morgan fingerprint density at radius 2 is 2.17 bits per heavy atom. The van der Waals surface area contributed by atoms with Gasteiger partial charge in [-0.1, -0.05) is 18.2 Å². The second kappa shape index (κ2) is 4.16. The molecule has 0 atom stereocenters. The highest BCUT2D eigenvalue weighted by Crippen LogP contribution is 2.19. The minimum absolute atomic E-state index is 0.0459. The van der Waals surface area contributed by atoms with Gasteiger partial charge in [0.2, 0.25) is 0 Å². The van der Waals surface area contributed by atoms with Crippen LogP contribution >= 0.6 is 0 Å². The molecule has 0 bridgehead atoms. The zero-order chi connectivity index (χ0) is 8.97. The van der Waals surface area contributed by atoms with Gasteiger partial charge >= 0.3 is 0 Å². The molecule has 0 saturated carbocycles. The van der Waals surface area contributed by atoms with E-state index in [0.717, 1.165) is 5.56 Å². The first kappa shape index (κ1) is 9.13. The summed E-state index contributed by atoms with van der Waals surface area (Å²) in [4.78, 5) is 0. The molecule has 0 saturated heterocycles. The molecule has 66 valence electrons. The maximum absolute atomic E-state index is 12.1. The second-order valence-electron chi connectivity index (χ2n) is 2.48. The molecular formula is C9H10F2O. The third-order valence-corrected chi connectivity index (χ3v) is 1.51. The van der Waals surface area contributed by atoms with Gasteiger partial charge in [0.15, 0.2) is 0 Å². The predicted molar refractivity (Wildman–Crippen MR) is 42.1 cm³/mol. The molecule has 1 aromatic rings. The summed E-state index contributed by atoms with van der Waals surface area (Å²) in [5, 5.41) is 0. The zero-order valence-electron chi connectivity index (χ0n) is 6.76. The van der Waals surface area contributed by atoms with E-state index in [2.05, 4.69) is 0 Å². The Labute approximate surface area is 70.0 Å². The van der Waals surface area contributed by atoms with E-state index in [1.165, 1.54) is 19.2 Å². The number of hydrogen-bond acceptors (Lipinski definition) is 1. The van der Waals surface area contributed by atoms with Crippen molar-refractivity contribution in [3.63, 3.8) is 0 Å². The molecule has 0 spiro atoms. The average Bonchev–Trinajstić information content (AvgIpc) is 2.05. The molecule has 0 heterocycles. The Morgan fingerprint density at radius 1 is 1.42 bits per heavy atom. The van der Waals surface area contributed by atoms with E-state index in [1.807, 2.05) is 0 Å². The molecule has 1 aromatic carbocycles. The summed E-state index contributed by atoms with van der Waals surface area (Å²) in [6.07, 6.45) is -2.40. The molecular weight excluding hydrogens is 162 g/mol. The number of halogens is 2. The fourth-order valence-electron chi connectivity index (χ4n) is 0.985. The molecule has 0 unspecified atom stereocenters. The fraction of sp³-hybridized carbons (Fsp3) is 0.333. The van der Waals surface area contributed by atoms with Gasteiger partial charge in [0.05, 0.1) is 6.61 Å². The molecule has 1 nitrogen and oxygen atoms in total. The van der Waals surface area contributed by atoms with Crippen LogP contribution in [0.25, 0.3) is 0 Å². The summed E-state index contributed by atoms with van der Waals surface area (Å²) in [7, 11) is 1.54. The van der Waals surface area contributed by atoms with Crippen molar-refractivity contribution in [2.75, 3.05) is 7.11 Å². The Balaban J connectivity index is 2.81. The lowest BCUT2D eigenvalue weighted by molar-refractivity contribution is 0.150. The smallest absolute Gasteiger partial charge is 0.263 e. The summed E-state index contributed by atoms with van der Waals surface area (Å²) in [5.74, 6) is 0. The standard InChI is InChI=1S/C9H10F2O/c1-12-6-7-3-2-4-8(5-7)9(10)11/h2-5,9H,6H2,1H3. The van der Waals surface area contributed by atoms with Crippen LogP contribution in [0.4, 0.5) is 8.78 Å². The molecule has 1 rings (SSSR count). The van der Waals surface area contributed by atoms with Crippen molar-refractivity contribution >= 4 is 0 Å². The Morgan fingerprint density at radius 3 is 2.75 bits per heavy atom. The lowest BCUT2D eigenvalue weighted by Gasteiger charge is -2.02. The summed E-state index contributed by atoms with van der Waals surface area (Å²) >= 11 is 0. The quantitative estimate of drug-likeness (QED) is 0.681. The molecule has 0 aliphatic rings. The highest BCUT2D eigenvalue weighted by Gasteiger charge is 2.06. The van der Waals surface area contributed by atoms with E-state index >= 15 is 0 Å². The largest absolute Gasteiger partial charge is 0.380 e. The van der Waals surface area contributed by atoms with Crippen LogP contribution in [-0.2, 0) is 11.3 Å². The fourth-order valence-corrected chi connectivity index (χ4v) is 0.985. The molecule has 12 heavy (non-hydrogen) atoms. The van der Waals surface area contributed by atoms with Crippen LogP contribution in [0.15, 0.2) is 24.3 Å². The van der Waals surface area contributed by atoms with Crippen LogP contribution in [0.1, 0.15) is 17.6 Å². The minimum Gasteiger partial charge on any atom is -0.380 e. The molecule has 0 aliphatic carbocycles. The van der Waals surface area contributed by atoms with Gasteiger partial charge in [-0.05, 0) is 11.6 Å². The summed E-state index contributed by atoms with van der Waals surface area (Å²) in [5.41, 5.74) is 0.819. The van der Waals surface area contributed by atoms with E-state index in [9.17, 15) is 8.78 Å². The average molecular weight is 172 g/mol. The lowest BCUT2D eigenvalue weighted by atomic mass is 10.1. The summed E-state index contributed by atoms with van der Waals surface area (Å²) in [6.45, 7) is 0.376. The third-order valence-electron chi connectivity index (χ3n) is 1.51. The molecule has 3 heteroatoms. The van der Waals surface area contributed by atoms with E-state index in [1.54, 1.807) is 12.1 Å². The molecule has 0 amide bonds. The van der Waals surface area contributed by atoms with Crippen molar-refractivity contribution < 1.29 is 13.5 Å². The van der Waals surface area contributed by atoms with Crippen LogP contribution in [0.5, 0.6) is 0 Å². The number of benzene rings is 1. The number of hydrogen-bond donors (Lipinski definition) is 0. The number of alkyl halides is 2. The number of ether oxygens (including phenoxy) is 1. The SMILES string of the molecule is COCc1cccc(C(F)F)c1. The first-order valence-electron chi connectivity index (χ1n) is 3.60. The summed E-state index contributed by atoms with van der Waals surface area (Å²) < 4.78 is 29.1. The van der Waals surface area contributed by atoms with Gasteiger partial charge < -0.3 is 4.74 Å². The molecule has 0 aromatic heterocycles. The molecule has 0 radical (unpaired) electrons. The van der Waals surface area contributed by atoms with Gasteiger partial charge in [0.1, 0.15) is 0 Å². The first-order valence-corrected chi connectivity index (χ1v) is 3.60. The third kappa shape index (κ3) is 2.27. The maximum atomic E-state index is 12.1. The number of methoxy groups -OCH3 is 1. The topological polar surface area (TPSA) is 9.23 Å². The highest BCUT2D eigenvalue weighted by atomic mass is 19.3. The van der Waals surface area contributed by atoms with E-state index in [-0.39, 0.29) is 5.56 Å². The normalized spacial score (nSPS) is 10.7. The van der Waals surface area contributed by atoms with Crippen molar-refractivity contribution in [1.29, 1.82) is 0 Å². The predicted octanol–water partition coefficient (Wildman–Crippen LogP) is 2.77. The van der Waals surface area contributed by atoms with Crippen LogP contribution < -0.4 is 0 Å². The lowest BCUT2D eigenvalue weighted by Crippen LogP contribution is -1.90. The second-order valence-corrected chi connectivity index (χ2v) is 2.48. The van der Waals surface area contributed by atoms with Gasteiger partial charge in [0, 0.05) is 12.7 Å². The zero-order valence-corrected chi connectivity index (χ0v) is 6.76. The van der Waals surface area contributed by atoms with Crippen LogP contribution in [-0.4, -0.2) is 7.11 Å². The van der Waals surface area contributed by atoms with Crippen LogP contribution in [0, 0.1) is 0 Å². The highest BCUT2D eigenvalue weighted by molar-refractivity contribution is 5.23. The van der Waals surface area contributed by atoms with Crippen LogP contribution in [0.2, 0.25) is 0 Å². The van der Waals surface area contributed by atoms with Crippen molar-refractivity contribution in [2.24, 2.45) is 0 Å². The van der Waals surface area contributed by atoms with Gasteiger partial charge in [-0.25, -0.2) is 8.78 Å². The van der Waals surface area contributed by atoms with E-state index < -0.39 is 6.43 Å². The van der Waals surface area contributed by atoms with Gasteiger partial charge in [-0.15, -0.1) is 0 Å². The monoisotopic (exact) mass is 172 g/mol. The number of rotatable bonds is 3. The Bertz CT molecular complexity index is 248. The Hall–Kier alpha value is -0.960. The van der Waals surface area contributed by atoms with Gasteiger partial charge in [-0.3, -0.25) is 0 Å². The first-order chi connectivity index (χ1) is 5.74. The van der Waals surface area contributed by atoms with E-state index in [4.69, 9.17) is 4.74 Å². The van der Waals surface area contributed by atoms with Crippen molar-refractivity contribution in [1.82, 2.24) is 0 Å². The minimum atomic E-state index is -2.40. The molecule has 0 aliphatic heterocycles.